The maximum absolute atomic E-state index is 6.12. The smallest absolute Gasteiger partial charge is 0.154 e. The number of hydrogen-bond acceptors (Lipinski definition) is 2. The van der Waals surface area contributed by atoms with Crippen LogP contribution in [0.4, 0.5) is 0 Å². The third-order valence-electron chi connectivity index (χ3n) is 2.61. The Hall–Kier alpha value is -0.510. The number of benzene rings is 1. The van der Waals surface area contributed by atoms with Gasteiger partial charge in [0.1, 0.15) is 5.76 Å². The fourth-order valence-corrected chi connectivity index (χ4v) is 2.67. The van der Waals surface area contributed by atoms with E-state index >= 15 is 0 Å². The van der Waals surface area contributed by atoms with E-state index in [1.165, 1.54) is 5.56 Å². The quantitative estimate of drug-likeness (QED) is 0.920. The van der Waals surface area contributed by atoms with Crippen LogP contribution in [0.1, 0.15) is 24.7 Å². The molecular formula is C12H13BrClNO. The normalized spacial score (nSPS) is 11.2. The molecular weight excluding hydrogens is 289 g/mol. The highest BCUT2D eigenvalue weighted by Crippen LogP contribution is 2.36. The lowest BCUT2D eigenvalue weighted by Crippen LogP contribution is -1.98. The van der Waals surface area contributed by atoms with Crippen molar-refractivity contribution in [3.05, 3.63) is 33.0 Å². The molecule has 0 spiro atoms. The summed E-state index contributed by atoms with van der Waals surface area (Å²) in [7, 11) is 0. The van der Waals surface area contributed by atoms with Gasteiger partial charge in [0.25, 0.3) is 0 Å². The lowest BCUT2D eigenvalue weighted by Gasteiger charge is -2.00. The van der Waals surface area contributed by atoms with Gasteiger partial charge in [-0.25, -0.2) is 0 Å². The molecule has 0 bridgehead atoms. The van der Waals surface area contributed by atoms with Crippen LogP contribution in [0.15, 0.2) is 21.0 Å². The first-order valence-corrected chi connectivity index (χ1v) is 6.44. The van der Waals surface area contributed by atoms with E-state index in [0.717, 1.165) is 34.0 Å². The second-order valence-corrected chi connectivity index (χ2v) is 4.95. The fraction of sp³-hybridized carbons (Fsp3) is 0.333. The first-order chi connectivity index (χ1) is 7.69. The molecule has 0 atom stereocenters. The lowest BCUT2D eigenvalue weighted by molar-refractivity contribution is 0.545. The predicted octanol–water partition coefficient (Wildman–Crippen LogP) is 4.26. The minimum Gasteiger partial charge on any atom is -0.458 e. The van der Waals surface area contributed by atoms with Crippen LogP contribution >= 0.6 is 27.5 Å². The Bertz CT molecular complexity index is 521. The summed E-state index contributed by atoms with van der Waals surface area (Å²) in [6.07, 6.45) is 2.01. The molecule has 16 heavy (non-hydrogen) atoms. The SMILES string of the molecule is CCCc1c(CN)oc2c(Cl)ccc(Br)c12. The molecule has 0 aliphatic rings. The highest BCUT2D eigenvalue weighted by Gasteiger charge is 2.16. The van der Waals surface area contributed by atoms with E-state index in [-0.39, 0.29) is 0 Å². The summed E-state index contributed by atoms with van der Waals surface area (Å²) < 4.78 is 6.74. The Morgan fingerprint density at radius 3 is 2.81 bits per heavy atom. The lowest BCUT2D eigenvalue weighted by atomic mass is 10.1. The number of nitrogens with two attached hydrogens (primary N) is 1. The highest BCUT2D eigenvalue weighted by atomic mass is 79.9. The van der Waals surface area contributed by atoms with Gasteiger partial charge in [0.15, 0.2) is 5.58 Å². The largest absolute Gasteiger partial charge is 0.458 e. The summed E-state index contributed by atoms with van der Waals surface area (Å²) in [5, 5.41) is 1.70. The number of halogens is 2. The molecule has 0 unspecified atom stereocenters. The van der Waals surface area contributed by atoms with Crippen LogP contribution in [-0.2, 0) is 13.0 Å². The molecule has 2 N–H and O–H groups in total. The van der Waals surface area contributed by atoms with Crippen LogP contribution in [-0.4, -0.2) is 0 Å². The Labute approximate surface area is 108 Å². The number of fused-ring (bicyclic) bond motifs is 1. The molecule has 2 aromatic rings. The van der Waals surface area contributed by atoms with Crippen LogP contribution in [0.5, 0.6) is 0 Å². The summed E-state index contributed by atoms with van der Waals surface area (Å²) in [6, 6.07) is 3.77. The van der Waals surface area contributed by atoms with Gasteiger partial charge in [-0.1, -0.05) is 40.9 Å². The summed E-state index contributed by atoms with van der Waals surface area (Å²) in [5.41, 5.74) is 7.60. The average molecular weight is 303 g/mol. The van der Waals surface area contributed by atoms with Crippen LogP contribution in [0.25, 0.3) is 11.0 Å². The Balaban J connectivity index is 2.78. The molecule has 2 nitrogen and oxygen atoms in total. The van der Waals surface area contributed by atoms with E-state index < -0.39 is 0 Å². The minimum atomic E-state index is 0.410. The molecule has 1 heterocycles. The van der Waals surface area contributed by atoms with E-state index in [4.69, 9.17) is 21.8 Å². The van der Waals surface area contributed by atoms with Crippen molar-refractivity contribution in [2.24, 2.45) is 5.73 Å². The van der Waals surface area contributed by atoms with Crippen LogP contribution < -0.4 is 5.73 Å². The van der Waals surface area contributed by atoms with Gasteiger partial charge >= 0.3 is 0 Å². The Morgan fingerprint density at radius 2 is 2.19 bits per heavy atom. The van der Waals surface area contributed by atoms with Crippen molar-refractivity contribution in [3.8, 4) is 0 Å². The van der Waals surface area contributed by atoms with E-state index in [1.54, 1.807) is 0 Å². The molecule has 1 aromatic heterocycles. The molecule has 0 radical (unpaired) electrons. The van der Waals surface area contributed by atoms with Gasteiger partial charge in [-0.2, -0.15) is 0 Å². The summed E-state index contributed by atoms with van der Waals surface area (Å²) >= 11 is 9.65. The van der Waals surface area contributed by atoms with Gasteiger partial charge in [0.05, 0.1) is 11.6 Å². The molecule has 0 amide bonds. The zero-order valence-electron chi connectivity index (χ0n) is 9.02. The molecule has 86 valence electrons. The monoisotopic (exact) mass is 301 g/mol. The van der Waals surface area contributed by atoms with Gasteiger partial charge in [0.2, 0.25) is 0 Å². The van der Waals surface area contributed by atoms with E-state index in [9.17, 15) is 0 Å². The van der Waals surface area contributed by atoms with Crippen molar-refractivity contribution in [3.63, 3.8) is 0 Å². The zero-order chi connectivity index (χ0) is 11.7. The van der Waals surface area contributed by atoms with Crippen LogP contribution in [0.3, 0.4) is 0 Å². The number of hydrogen-bond donors (Lipinski definition) is 1. The van der Waals surface area contributed by atoms with E-state index in [1.807, 2.05) is 12.1 Å². The van der Waals surface area contributed by atoms with Crippen molar-refractivity contribution in [1.29, 1.82) is 0 Å². The first-order valence-electron chi connectivity index (χ1n) is 5.27. The number of furan rings is 1. The molecule has 0 fully saturated rings. The second kappa shape index (κ2) is 4.78. The molecule has 2 rings (SSSR count). The maximum Gasteiger partial charge on any atom is 0.154 e. The second-order valence-electron chi connectivity index (χ2n) is 3.69. The van der Waals surface area contributed by atoms with Crippen molar-refractivity contribution >= 4 is 38.5 Å². The molecule has 0 saturated heterocycles. The number of rotatable bonds is 3. The van der Waals surface area contributed by atoms with Gasteiger partial charge in [-0.05, 0) is 18.6 Å². The van der Waals surface area contributed by atoms with Gasteiger partial charge < -0.3 is 10.2 Å². The summed E-state index contributed by atoms with van der Waals surface area (Å²) in [6.45, 7) is 2.55. The number of aryl methyl sites for hydroxylation is 1. The minimum absolute atomic E-state index is 0.410. The van der Waals surface area contributed by atoms with Crippen molar-refractivity contribution in [2.45, 2.75) is 26.3 Å². The summed E-state index contributed by atoms with van der Waals surface area (Å²) in [5.74, 6) is 0.839. The van der Waals surface area contributed by atoms with Crippen LogP contribution in [0.2, 0.25) is 5.02 Å². The van der Waals surface area contributed by atoms with Gasteiger partial charge in [-0.15, -0.1) is 0 Å². The highest BCUT2D eigenvalue weighted by molar-refractivity contribution is 9.10. The fourth-order valence-electron chi connectivity index (χ4n) is 1.92. The van der Waals surface area contributed by atoms with Crippen molar-refractivity contribution in [2.75, 3.05) is 0 Å². The Kier molecular flexibility index (Phi) is 3.57. The zero-order valence-corrected chi connectivity index (χ0v) is 11.4. The standard InChI is InChI=1S/C12H13BrClNO/c1-2-3-7-10(6-15)16-12-9(14)5-4-8(13)11(7)12/h4-5H,2-3,6,15H2,1H3. The molecule has 0 aliphatic carbocycles. The van der Waals surface area contributed by atoms with Crippen LogP contribution in [0, 0.1) is 0 Å². The third-order valence-corrected chi connectivity index (χ3v) is 3.57. The average Bonchev–Trinajstić information content (AvgIpc) is 2.64. The topological polar surface area (TPSA) is 39.2 Å². The summed E-state index contributed by atoms with van der Waals surface area (Å²) in [4.78, 5) is 0. The van der Waals surface area contributed by atoms with Crippen molar-refractivity contribution < 1.29 is 4.42 Å². The van der Waals surface area contributed by atoms with Gasteiger partial charge in [-0.3, -0.25) is 0 Å². The first kappa shape index (κ1) is 12.0. The van der Waals surface area contributed by atoms with Gasteiger partial charge in [0, 0.05) is 15.4 Å². The third kappa shape index (κ3) is 1.88. The van der Waals surface area contributed by atoms with Crippen molar-refractivity contribution in [1.82, 2.24) is 0 Å². The maximum atomic E-state index is 6.12. The molecule has 1 aromatic carbocycles. The van der Waals surface area contributed by atoms with E-state index in [2.05, 4.69) is 22.9 Å². The molecule has 4 heteroatoms. The Morgan fingerprint density at radius 1 is 1.44 bits per heavy atom. The van der Waals surface area contributed by atoms with E-state index in [0.29, 0.717) is 11.6 Å². The molecule has 0 aliphatic heterocycles. The molecule has 0 saturated carbocycles. The predicted molar refractivity (Wildman–Crippen MR) is 70.8 cm³/mol.